The van der Waals surface area contributed by atoms with Crippen molar-refractivity contribution in [1.82, 2.24) is 9.21 Å². The van der Waals surface area contributed by atoms with Crippen LogP contribution in [0.3, 0.4) is 0 Å². The summed E-state index contributed by atoms with van der Waals surface area (Å²) in [7, 11) is 0.710. The Morgan fingerprint density at radius 2 is 1.83 bits per heavy atom. The van der Waals surface area contributed by atoms with E-state index in [-0.39, 0.29) is 11.4 Å². The average molecular weight is 357 g/mol. The summed E-state index contributed by atoms with van der Waals surface area (Å²) in [5.41, 5.74) is 0.885. The Morgan fingerprint density at radius 3 is 2.33 bits per heavy atom. The number of hydrogen-bond acceptors (Lipinski definition) is 4. The maximum Gasteiger partial charge on any atom is 0.321 e. The normalized spacial score (nSPS) is 12.8. The Balaban J connectivity index is 2.97. The first-order chi connectivity index (χ1) is 11.0. The number of anilines is 1. The van der Waals surface area contributed by atoms with Crippen LogP contribution >= 0.6 is 0 Å². The minimum atomic E-state index is -3.63. The molecule has 0 heterocycles. The van der Waals surface area contributed by atoms with Gasteiger partial charge in [0.05, 0.1) is 10.8 Å². The molecule has 1 rings (SSSR count). The number of benzene rings is 1. The number of nitrogens with one attached hydrogen (secondary N) is 1. The minimum Gasteiger partial charge on any atom is -0.481 e. The van der Waals surface area contributed by atoms with Crippen LogP contribution in [0.4, 0.5) is 10.5 Å². The van der Waals surface area contributed by atoms with Gasteiger partial charge in [0.1, 0.15) is 0 Å². The van der Waals surface area contributed by atoms with Crippen LogP contribution in [0.5, 0.6) is 0 Å². The van der Waals surface area contributed by atoms with Gasteiger partial charge in [-0.25, -0.2) is 17.5 Å². The van der Waals surface area contributed by atoms with Crippen molar-refractivity contribution < 1.29 is 23.1 Å². The lowest BCUT2D eigenvalue weighted by molar-refractivity contribution is -0.141. The Bertz CT molecular complexity index is 731. The fraction of sp³-hybridized carbons (Fsp3) is 0.467. The second kappa shape index (κ2) is 7.63. The summed E-state index contributed by atoms with van der Waals surface area (Å²) >= 11 is 0. The van der Waals surface area contributed by atoms with E-state index in [0.717, 1.165) is 4.31 Å². The number of urea groups is 1. The molecule has 1 atom stereocenters. The third-order valence-electron chi connectivity index (χ3n) is 3.51. The molecule has 24 heavy (non-hydrogen) atoms. The van der Waals surface area contributed by atoms with Gasteiger partial charge in [0.25, 0.3) is 0 Å². The van der Waals surface area contributed by atoms with Gasteiger partial charge in [-0.05, 0) is 24.6 Å². The number of rotatable bonds is 6. The van der Waals surface area contributed by atoms with Gasteiger partial charge >= 0.3 is 12.0 Å². The van der Waals surface area contributed by atoms with Crippen molar-refractivity contribution in [1.29, 1.82) is 0 Å². The molecule has 1 aromatic carbocycles. The molecule has 0 bridgehead atoms. The van der Waals surface area contributed by atoms with Crippen molar-refractivity contribution in [3.8, 4) is 0 Å². The quantitative estimate of drug-likeness (QED) is 0.801. The van der Waals surface area contributed by atoms with E-state index >= 15 is 0 Å². The van der Waals surface area contributed by atoms with Crippen LogP contribution in [-0.2, 0) is 14.8 Å². The smallest absolute Gasteiger partial charge is 0.321 e. The number of nitrogens with zero attached hydrogens (tertiary/aromatic N) is 2. The fourth-order valence-corrected chi connectivity index (χ4v) is 3.09. The first-order valence-electron chi connectivity index (χ1n) is 7.25. The molecule has 0 aliphatic carbocycles. The van der Waals surface area contributed by atoms with Gasteiger partial charge in [-0.15, -0.1) is 0 Å². The number of carbonyl (C=O) groups is 2. The summed E-state index contributed by atoms with van der Waals surface area (Å²) in [4.78, 5) is 24.3. The van der Waals surface area contributed by atoms with Crippen molar-refractivity contribution in [2.24, 2.45) is 5.92 Å². The predicted molar refractivity (Wildman–Crippen MR) is 90.5 cm³/mol. The van der Waals surface area contributed by atoms with Gasteiger partial charge < -0.3 is 15.3 Å². The second-order valence-electron chi connectivity index (χ2n) is 5.82. The van der Waals surface area contributed by atoms with Crippen LogP contribution in [0.15, 0.2) is 23.1 Å². The highest BCUT2D eigenvalue weighted by Gasteiger charge is 2.21. The van der Waals surface area contributed by atoms with Gasteiger partial charge in [-0.2, -0.15) is 0 Å². The second-order valence-corrected chi connectivity index (χ2v) is 7.94. The molecule has 0 saturated heterocycles. The van der Waals surface area contributed by atoms with Crippen LogP contribution in [-0.4, -0.2) is 62.4 Å². The molecule has 0 fully saturated rings. The Hall–Kier alpha value is -2.13. The number of aliphatic carboxylic acids is 1. The van der Waals surface area contributed by atoms with Gasteiger partial charge in [0.15, 0.2) is 0 Å². The van der Waals surface area contributed by atoms with E-state index in [0.29, 0.717) is 11.3 Å². The summed E-state index contributed by atoms with van der Waals surface area (Å²) in [5.74, 6) is -1.70. The maximum atomic E-state index is 12.3. The Morgan fingerprint density at radius 1 is 1.25 bits per heavy atom. The zero-order chi connectivity index (χ0) is 18.7. The van der Waals surface area contributed by atoms with E-state index in [1.54, 1.807) is 19.1 Å². The monoisotopic (exact) mass is 357 g/mol. The molecule has 0 aromatic heterocycles. The predicted octanol–water partition coefficient (Wildman–Crippen LogP) is 1.43. The molecule has 0 saturated carbocycles. The molecule has 9 heteroatoms. The number of amides is 2. The standard InChI is InChI=1S/C15H23N3O5S/c1-10-6-7-12(8-13(10)24(22,23)17(3)4)16-15(21)18(5)9-11(2)14(19)20/h6-8,11H,9H2,1-5H3,(H,16,21)(H,19,20). The summed E-state index contributed by atoms with van der Waals surface area (Å²) in [5, 5.41) is 11.5. The Labute approximate surface area is 142 Å². The molecule has 0 spiro atoms. The molecule has 1 aromatic rings. The number of hydrogen-bond donors (Lipinski definition) is 2. The largest absolute Gasteiger partial charge is 0.481 e. The van der Waals surface area contributed by atoms with E-state index < -0.39 is 27.9 Å². The molecule has 0 aliphatic rings. The Kier molecular flexibility index (Phi) is 6.33. The van der Waals surface area contributed by atoms with Gasteiger partial charge in [-0.1, -0.05) is 13.0 Å². The van der Waals surface area contributed by atoms with E-state index in [1.165, 1.54) is 39.0 Å². The van der Waals surface area contributed by atoms with E-state index in [9.17, 15) is 18.0 Å². The zero-order valence-corrected chi connectivity index (χ0v) is 15.2. The van der Waals surface area contributed by atoms with Crippen LogP contribution in [0.1, 0.15) is 12.5 Å². The van der Waals surface area contributed by atoms with Gasteiger partial charge in [0.2, 0.25) is 10.0 Å². The fourth-order valence-electron chi connectivity index (χ4n) is 1.94. The third kappa shape index (κ3) is 4.68. The zero-order valence-electron chi connectivity index (χ0n) is 14.4. The molecule has 134 valence electrons. The highest BCUT2D eigenvalue weighted by atomic mass is 32.2. The molecular weight excluding hydrogens is 334 g/mol. The van der Waals surface area contributed by atoms with Crippen molar-refractivity contribution in [3.63, 3.8) is 0 Å². The van der Waals surface area contributed by atoms with Crippen molar-refractivity contribution in [2.45, 2.75) is 18.7 Å². The number of carboxylic acid groups (broad SMARTS) is 1. The molecule has 0 aliphatic heterocycles. The maximum absolute atomic E-state index is 12.3. The summed E-state index contributed by atoms with van der Waals surface area (Å²) < 4.78 is 25.7. The van der Waals surface area contributed by atoms with Gasteiger partial charge in [0, 0.05) is 33.4 Å². The molecule has 8 nitrogen and oxygen atoms in total. The van der Waals surface area contributed by atoms with E-state index in [2.05, 4.69) is 5.32 Å². The third-order valence-corrected chi connectivity index (χ3v) is 5.47. The average Bonchev–Trinajstić information content (AvgIpc) is 2.48. The molecule has 2 N–H and O–H groups in total. The van der Waals surface area contributed by atoms with Crippen LogP contribution in [0.25, 0.3) is 0 Å². The van der Waals surface area contributed by atoms with Crippen molar-refractivity contribution in [2.75, 3.05) is 33.0 Å². The molecule has 2 amide bonds. The van der Waals surface area contributed by atoms with Crippen molar-refractivity contribution in [3.05, 3.63) is 23.8 Å². The van der Waals surface area contributed by atoms with E-state index in [1.807, 2.05) is 0 Å². The summed E-state index contributed by atoms with van der Waals surface area (Å²) in [6.45, 7) is 3.21. The lowest BCUT2D eigenvalue weighted by Gasteiger charge is -2.20. The first kappa shape index (κ1) is 19.9. The number of carboxylic acids is 1. The SMILES string of the molecule is Cc1ccc(NC(=O)N(C)CC(C)C(=O)O)cc1S(=O)(=O)N(C)C. The number of carbonyl (C=O) groups excluding carboxylic acids is 1. The minimum absolute atomic E-state index is 0.0376. The van der Waals surface area contributed by atoms with E-state index in [4.69, 9.17) is 5.11 Å². The highest BCUT2D eigenvalue weighted by molar-refractivity contribution is 7.89. The van der Waals surface area contributed by atoms with Crippen molar-refractivity contribution >= 4 is 27.7 Å². The summed E-state index contributed by atoms with van der Waals surface area (Å²) in [6.07, 6.45) is 0. The summed E-state index contributed by atoms with van der Waals surface area (Å²) in [6, 6.07) is 4.07. The number of aryl methyl sites for hydroxylation is 1. The first-order valence-corrected chi connectivity index (χ1v) is 8.69. The van der Waals surface area contributed by atoms with Crippen LogP contribution in [0, 0.1) is 12.8 Å². The van der Waals surface area contributed by atoms with Crippen LogP contribution in [0.2, 0.25) is 0 Å². The molecule has 0 radical (unpaired) electrons. The lowest BCUT2D eigenvalue weighted by atomic mass is 10.2. The molecule has 1 unspecified atom stereocenters. The highest BCUT2D eigenvalue weighted by Crippen LogP contribution is 2.22. The topological polar surface area (TPSA) is 107 Å². The number of sulfonamides is 1. The molecular formula is C15H23N3O5S. The van der Waals surface area contributed by atoms with Gasteiger partial charge in [-0.3, -0.25) is 4.79 Å². The van der Waals surface area contributed by atoms with Crippen LogP contribution < -0.4 is 5.32 Å². The lowest BCUT2D eigenvalue weighted by Crippen LogP contribution is -2.36.